The summed E-state index contributed by atoms with van der Waals surface area (Å²) in [6, 6.07) is 44.4. The van der Waals surface area contributed by atoms with Crippen molar-refractivity contribution in [3.05, 3.63) is 148 Å². The van der Waals surface area contributed by atoms with Crippen LogP contribution in [0.3, 0.4) is 0 Å². The van der Waals surface area contributed by atoms with Crippen LogP contribution in [0.25, 0.3) is 21.2 Å². The van der Waals surface area contributed by atoms with Crippen molar-refractivity contribution in [2.75, 3.05) is 9.80 Å². The fourth-order valence-electron chi connectivity index (χ4n) is 11.7. The molecule has 1 aliphatic carbocycles. The zero-order chi connectivity index (χ0) is 50.6. The number of nitrogens with zero attached hydrogens (tertiary/aromatic N) is 2. The summed E-state index contributed by atoms with van der Waals surface area (Å²) in [5.74, 6) is 0. The highest BCUT2D eigenvalue weighted by Gasteiger charge is 2.47. The molecule has 2 nitrogen and oxygen atoms in total. The Morgan fingerprint density at radius 3 is 1.53 bits per heavy atom. The zero-order valence-corrected chi connectivity index (χ0v) is 47.0. The monoisotopic (exact) mass is 943 g/mol. The van der Waals surface area contributed by atoms with Crippen LogP contribution in [-0.2, 0) is 37.9 Å². The van der Waals surface area contributed by atoms with Crippen LogP contribution >= 0.6 is 11.3 Å². The first-order valence-electron chi connectivity index (χ1n) is 26.3. The predicted molar refractivity (Wildman–Crippen MR) is 310 cm³/mol. The summed E-state index contributed by atoms with van der Waals surface area (Å²) in [6.07, 6.45) is 2.38. The summed E-state index contributed by atoms with van der Waals surface area (Å²) < 4.78 is 2.76. The maximum absolute atomic E-state index is 2.75. The van der Waals surface area contributed by atoms with Crippen molar-refractivity contribution in [1.82, 2.24) is 0 Å². The number of benzene rings is 6. The van der Waals surface area contributed by atoms with Crippen molar-refractivity contribution < 1.29 is 0 Å². The summed E-state index contributed by atoms with van der Waals surface area (Å²) in [7, 11) is 0. The van der Waals surface area contributed by atoms with Crippen molar-refractivity contribution in [2.45, 2.75) is 182 Å². The smallest absolute Gasteiger partial charge is 0.264 e. The van der Waals surface area contributed by atoms with E-state index < -0.39 is 0 Å². The van der Waals surface area contributed by atoms with E-state index in [2.05, 4.69) is 251 Å². The molecule has 0 saturated heterocycles. The molecular formula is C66H79BN2S. The highest BCUT2D eigenvalue weighted by Crippen LogP contribution is 2.54. The van der Waals surface area contributed by atoms with Crippen LogP contribution in [0, 0.1) is 0 Å². The molecule has 2 aliphatic heterocycles. The molecule has 0 radical (unpaired) electrons. The van der Waals surface area contributed by atoms with Crippen molar-refractivity contribution >= 4 is 78.0 Å². The SMILES string of the molecule is CC(C)(C)c1ccc(N2c3ccc(C(C)(C)C)cc3B3c4sc5ccc(C(C)(C)C)cc5c4N(c4ccc(C(C)(C)C)cc4-c4ccc5c(c4)C(C)(C)CCC5(C)C)c4cc(C(C)(C)C)cc2c43)cc1. The minimum atomic E-state index is -0.128. The third-order valence-corrected chi connectivity index (χ3v) is 17.7. The average Bonchev–Trinajstić information content (AvgIpc) is 3.64. The van der Waals surface area contributed by atoms with Crippen LogP contribution in [0.1, 0.15) is 183 Å². The second-order valence-electron chi connectivity index (χ2n) is 27.9. The lowest BCUT2D eigenvalue weighted by Gasteiger charge is -2.45. The van der Waals surface area contributed by atoms with E-state index in [-0.39, 0.29) is 44.6 Å². The number of hydrogen-bond donors (Lipinski definition) is 0. The number of fused-ring (bicyclic) bond motifs is 7. The van der Waals surface area contributed by atoms with Gasteiger partial charge in [0.25, 0.3) is 6.71 Å². The van der Waals surface area contributed by atoms with Gasteiger partial charge in [-0.3, -0.25) is 0 Å². The van der Waals surface area contributed by atoms with Gasteiger partial charge in [0.2, 0.25) is 0 Å². The molecule has 0 unspecified atom stereocenters. The van der Waals surface area contributed by atoms with Crippen LogP contribution in [0.5, 0.6) is 0 Å². The van der Waals surface area contributed by atoms with E-state index in [9.17, 15) is 0 Å². The molecule has 7 aromatic rings. The van der Waals surface area contributed by atoms with E-state index in [0.717, 1.165) is 0 Å². The van der Waals surface area contributed by atoms with Gasteiger partial charge in [-0.2, -0.15) is 0 Å². The average molecular weight is 943 g/mol. The number of thiophene rings is 1. The van der Waals surface area contributed by atoms with E-state index in [1.165, 1.54) is 123 Å². The molecule has 1 aromatic heterocycles. The molecule has 10 rings (SSSR count). The number of anilines is 6. The Labute approximate surface area is 427 Å². The molecule has 70 heavy (non-hydrogen) atoms. The molecule has 0 fully saturated rings. The molecular weight excluding hydrogens is 864 g/mol. The summed E-state index contributed by atoms with van der Waals surface area (Å²) in [5, 5.41) is 1.34. The summed E-state index contributed by atoms with van der Waals surface area (Å²) in [4.78, 5) is 5.37. The van der Waals surface area contributed by atoms with Crippen LogP contribution in [0.2, 0.25) is 0 Å². The largest absolute Gasteiger partial charge is 0.311 e. The van der Waals surface area contributed by atoms with Gasteiger partial charge in [-0.05, 0) is 161 Å². The molecule has 3 aliphatic rings. The van der Waals surface area contributed by atoms with Crippen LogP contribution in [0.4, 0.5) is 34.1 Å². The van der Waals surface area contributed by atoms with Gasteiger partial charge in [0.1, 0.15) is 0 Å². The minimum Gasteiger partial charge on any atom is -0.311 e. The van der Waals surface area contributed by atoms with Gasteiger partial charge < -0.3 is 9.80 Å². The molecule has 0 spiro atoms. The lowest BCUT2D eigenvalue weighted by molar-refractivity contribution is 0.332. The Bertz CT molecular complexity index is 3230. The van der Waals surface area contributed by atoms with Gasteiger partial charge in [0.15, 0.2) is 0 Å². The van der Waals surface area contributed by atoms with Gasteiger partial charge in [0.05, 0.1) is 11.4 Å². The van der Waals surface area contributed by atoms with Crippen LogP contribution in [0.15, 0.2) is 109 Å². The van der Waals surface area contributed by atoms with Gasteiger partial charge >= 0.3 is 0 Å². The Balaban J connectivity index is 1.36. The first-order chi connectivity index (χ1) is 32.3. The van der Waals surface area contributed by atoms with Crippen molar-refractivity contribution in [2.24, 2.45) is 0 Å². The first-order valence-corrected chi connectivity index (χ1v) is 27.1. The van der Waals surface area contributed by atoms with E-state index in [1.54, 1.807) is 0 Å². The molecule has 6 aromatic carbocycles. The molecule has 4 heteroatoms. The maximum Gasteiger partial charge on any atom is 0.264 e. The second kappa shape index (κ2) is 15.7. The van der Waals surface area contributed by atoms with E-state index in [0.29, 0.717) is 0 Å². The fourth-order valence-corrected chi connectivity index (χ4v) is 13.0. The molecule has 0 saturated carbocycles. The lowest BCUT2D eigenvalue weighted by Crippen LogP contribution is -2.60. The fraction of sp³-hybridized carbons (Fsp3) is 0.424. The zero-order valence-electron chi connectivity index (χ0n) is 46.2. The summed E-state index contributed by atoms with van der Waals surface area (Å²) in [6.45, 7) is 45.2. The first kappa shape index (κ1) is 48.6. The summed E-state index contributed by atoms with van der Waals surface area (Å²) >= 11 is 2.01. The molecule has 362 valence electrons. The topological polar surface area (TPSA) is 6.48 Å². The predicted octanol–water partition coefficient (Wildman–Crippen LogP) is 17.5. The standard InChI is InChI=1S/C66H79BN2S/c1-60(2,3)41-21-26-46(27-22-41)68-53-30-24-44(63(10,11)12)37-51(53)67-57-54(68)38-45(64(13,14)15)39-55(57)69(58-48-36-43(62(7,8)9)25-31-56(48)70-59(58)67)52-29-23-42(61(4,5)6)35-47(52)40-20-28-49-50(34-40)66(18,19)33-32-65(49,16)17/h20-31,34-39H,32-33H2,1-19H3. The summed E-state index contributed by atoms with van der Waals surface area (Å²) in [5.41, 5.74) is 22.8. The molecule has 0 atom stereocenters. The number of rotatable bonds is 3. The maximum atomic E-state index is 2.75. The van der Waals surface area contributed by atoms with E-state index in [1.807, 2.05) is 11.3 Å². The Kier molecular flexibility index (Phi) is 10.9. The Morgan fingerprint density at radius 1 is 0.443 bits per heavy atom. The normalized spacial score (nSPS) is 16.5. The Hall–Kier alpha value is -5.06. The molecule has 3 heterocycles. The van der Waals surface area contributed by atoms with Crippen molar-refractivity contribution in [3.63, 3.8) is 0 Å². The molecule has 0 amide bonds. The van der Waals surface area contributed by atoms with Gasteiger partial charge in [-0.25, -0.2) is 0 Å². The van der Waals surface area contributed by atoms with Crippen molar-refractivity contribution in [1.29, 1.82) is 0 Å². The van der Waals surface area contributed by atoms with Crippen LogP contribution in [-0.4, -0.2) is 6.71 Å². The minimum absolute atomic E-state index is 0.0156. The Morgan fingerprint density at radius 2 is 0.943 bits per heavy atom. The quantitative estimate of drug-likeness (QED) is 0.163. The highest BCUT2D eigenvalue weighted by molar-refractivity contribution is 7.33. The van der Waals surface area contributed by atoms with E-state index in [4.69, 9.17) is 0 Å². The highest BCUT2D eigenvalue weighted by atomic mass is 32.1. The van der Waals surface area contributed by atoms with Crippen LogP contribution < -0.4 is 25.5 Å². The lowest BCUT2D eigenvalue weighted by atomic mass is 9.36. The molecule has 0 N–H and O–H groups in total. The van der Waals surface area contributed by atoms with Gasteiger partial charge in [0, 0.05) is 43.2 Å². The second-order valence-corrected chi connectivity index (χ2v) is 29.0. The third-order valence-electron chi connectivity index (χ3n) is 16.5. The van der Waals surface area contributed by atoms with Crippen molar-refractivity contribution in [3.8, 4) is 11.1 Å². The number of hydrogen-bond acceptors (Lipinski definition) is 3. The van der Waals surface area contributed by atoms with Gasteiger partial charge in [-0.1, -0.05) is 186 Å². The third kappa shape index (κ3) is 7.98. The van der Waals surface area contributed by atoms with E-state index >= 15 is 0 Å². The molecule has 0 bridgehead atoms. The van der Waals surface area contributed by atoms with Gasteiger partial charge in [-0.15, -0.1) is 11.3 Å².